The zero-order chi connectivity index (χ0) is 37.5. The minimum atomic E-state index is -0.254. The summed E-state index contributed by atoms with van der Waals surface area (Å²) in [6.45, 7) is 23.2. The molecule has 280 valence electrons. The molecule has 1 atom stereocenters. The van der Waals surface area contributed by atoms with Crippen molar-refractivity contribution in [3.05, 3.63) is 131 Å². The molecule has 4 aromatic carbocycles. The van der Waals surface area contributed by atoms with Gasteiger partial charge in [0.2, 0.25) is 0 Å². The van der Waals surface area contributed by atoms with E-state index in [1.807, 2.05) is 24.3 Å². The highest BCUT2D eigenvalue weighted by atomic mass is 19.1. The van der Waals surface area contributed by atoms with E-state index in [1.54, 1.807) is 0 Å². The molecule has 0 bridgehead atoms. The van der Waals surface area contributed by atoms with Crippen molar-refractivity contribution in [1.29, 1.82) is 0 Å². The molecule has 0 spiro atoms. The summed E-state index contributed by atoms with van der Waals surface area (Å²) in [5, 5.41) is 0. The molecule has 1 fully saturated rings. The van der Waals surface area contributed by atoms with Crippen molar-refractivity contribution in [2.24, 2.45) is 5.92 Å². The Morgan fingerprint density at radius 3 is 1.37 bits per heavy atom. The first-order valence-electron chi connectivity index (χ1n) is 18.9. The van der Waals surface area contributed by atoms with E-state index in [2.05, 4.69) is 119 Å². The monoisotopic (exact) mass is 711 g/mol. The van der Waals surface area contributed by atoms with E-state index in [4.69, 9.17) is 9.47 Å². The van der Waals surface area contributed by atoms with Crippen LogP contribution in [0.2, 0.25) is 0 Å². The first-order chi connectivity index (χ1) is 24.6. The number of hydrogen-bond donors (Lipinski definition) is 0. The van der Waals surface area contributed by atoms with Crippen LogP contribution in [0, 0.1) is 17.6 Å². The van der Waals surface area contributed by atoms with Gasteiger partial charge in [-0.3, -0.25) is 14.7 Å². The summed E-state index contributed by atoms with van der Waals surface area (Å²) in [6.07, 6.45) is 1.07. The average Bonchev–Trinajstić information content (AvgIpc) is 3.07. The lowest BCUT2D eigenvalue weighted by Gasteiger charge is -2.42. The lowest BCUT2D eigenvalue weighted by atomic mass is 9.96. The molecule has 0 saturated carbocycles. The number of benzene rings is 4. The lowest BCUT2D eigenvalue weighted by molar-refractivity contribution is 0.0643. The van der Waals surface area contributed by atoms with E-state index in [9.17, 15) is 8.78 Å². The highest BCUT2D eigenvalue weighted by Gasteiger charge is 2.30. The predicted octanol–water partition coefficient (Wildman–Crippen LogP) is 10.1. The molecule has 0 amide bonds. The van der Waals surface area contributed by atoms with Gasteiger partial charge in [-0.15, -0.1) is 0 Å². The molecule has 52 heavy (non-hydrogen) atoms. The maximum Gasteiger partial charge on any atom is 0.123 e. The van der Waals surface area contributed by atoms with Crippen molar-refractivity contribution in [2.75, 3.05) is 32.7 Å². The van der Waals surface area contributed by atoms with Gasteiger partial charge in [-0.1, -0.05) is 62.4 Å². The summed E-state index contributed by atoms with van der Waals surface area (Å²) < 4.78 is 40.1. The first-order valence-corrected chi connectivity index (χ1v) is 18.9. The molecule has 0 unspecified atom stereocenters. The topological polar surface area (TPSA) is 28.2 Å². The number of ether oxygens (including phenoxy) is 2. The van der Waals surface area contributed by atoms with Gasteiger partial charge >= 0.3 is 0 Å². The van der Waals surface area contributed by atoms with Crippen LogP contribution in [0.3, 0.4) is 0 Å². The average molecular weight is 712 g/mol. The predicted molar refractivity (Wildman–Crippen MR) is 209 cm³/mol. The Kier molecular flexibility index (Phi) is 13.2. The number of nitrogens with zero attached hydrogens (tertiary/aromatic N) is 3. The van der Waals surface area contributed by atoms with Crippen LogP contribution in [0.15, 0.2) is 97.1 Å². The van der Waals surface area contributed by atoms with Crippen LogP contribution in [-0.2, 0) is 13.1 Å². The first kappa shape index (κ1) is 39.4. The molecule has 0 N–H and O–H groups in total. The minimum absolute atomic E-state index is 0.0678. The molecule has 4 aromatic rings. The van der Waals surface area contributed by atoms with Crippen molar-refractivity contribution < 1.29 is 18.3 Å². The maximum atomic E-state index is 13.9. The van der Waals surface area contributed by atoms with E-state index >= 15 is 0 Å². The van der Waals surface area contributed by atoms with Crippen LogP contribution < -0.4 is 9.47 Å². The van der Waals surface area contributed by atoms with E-state index < -0.39 is 0 Å². The van der Waals surface area contributed by atoms with Crippen LogP contribution in [0.25, 0.3) is 0 Å². The summed E-state index contributed by atoms with van der Waals surface area (Å²) in [4.78, 5) is 7.70. The summed E-state index contributed by atoms with van der Waals surface area (Å²) in [7, 11) is 0. The van der Waals surface area contributed by atoms with Gasteiger partial charge < -0.3 is 9.47 Å². The Balaban J connectivity index is 1.35. The van der Waals surface area contributed by atoms with Crippen molar-refractivity contribution in [3.63, 3.8) is 0 Å². The highest BCUT2D eigenvalue weighted by molar-refractivity contribution is 5.33. The molecule has 7 heteroatoms. The number of halogens is 2. The second kappa shape index (κ2) is 17.4. The molecule has 1 aliphatic rings. The Labute approximate surface area is 311 Å². The van der Waals surface area contributed by atoms with Crippen LogP contribution in [-0.4, -0.2) is 64.7 Å². The zero-order valence-electron chi connectivity index (χ0n) is 32.5. The summed E-state index contributed by atoms with van der Waals surface area (Å²) in [5.41, 5.74) is 4.05. The van der Waals surface area contributed by atoms with Gasteiger partial charge in [-0.05, 0) is 125 Å². The van der Waals surface area contributed by atoms with Crippen LogP contribution in [0.4, 0.5) is 8.78 Å². The Morgan fingerprint density at radius 2 is 1.00 bits per heavy atom. The molecular formula is C45H59F2N3O2. The van der Waals surface area contributed by atoms with Gasteiger partial charge in [0.15, 0.2) is 0 Å². The zero-order valence-corrected chi connectivity index (χ0v) is 32.5. The Hall–Kier alpha value is -3.78. The fourth-order valence-electron chi connectivity index (χ4n) is 7.11. The number of piperazine rings is 1. The van der Waals surface area contributed by atoms with Crippen LogP contribution in [0.1, 0.15) is 90.1 Å². The van der Waals surface area contributed by atoms with E-state index in [0.29, 0.717) is 12.0 Å². The van der Waals surface area contributed by atoms with Crippen molar-refractivity contribution in [1.82, 2.24) is 14.7 Å². The van der Waals surface area contributed by atoms with Gasteiger partial charge in [-0.25, -0.2) is 8.78 Å². The highest BCUT2D eigenvalue weighted by Crippen LogP contribution is 2.31. The lowest BCUT2D eigenvalue weighted by Crippen LogP contribution is -2.52. The molecule has 0 aromatic heterocycles. The minimum Gasteiger partial charge on any atom is -0.488 e. The van der Waals surface area contributed by atoms with Gasteiger partial charge in [0.05, 0.1) is 6.04 Å². The third-order valence-corrected chi connectivity index (χ3v) is 9.34. The molecular weight excluding hydrogens is 653 g/mol. The quantitative estimate of drug-likeness (QED) is 0.130. The van der Waals surface area contributed by atoms with Gasteiger partial charge in [-0.2, -0.15) is 0 Å². The molecule has 5 nitrogen and oxygen atoms in total. The fourth-order valence-corrected chi connectivity index (χ4v) is 7.11. The number of hydrogen-bond acceptors (Lipinski definition) is 5. The molecule has 0 radical (unpaired) electrons. The van der Waals surface area contributed by atoms with Gasteiger partial charge in [0, 0.05) is 51.9 Å². The molecule has 1 heterocycles. The maximum absolute atomic E-state index is 13.9. The smallest absolute Gasteiger partial charge is 0.123 e. The largest absolute Gasteiger partial charge is 0.488 e. The van der Waals surface area contributed by atoms with Crippen molar-refractivity contribution in [2.45, 2.75) is 98.2 Å². The van der Waals surface area contributed by atoms with Crippen molar-refractivity contribution >= 4 is 0 Å². The van der Waals surface area contributed by atoms with E-state index in [1.165, 1.54) is 35.4 Å². The number of rotatable bonds is 14. The molecule has 5 rings (SSSR count). The fraction of sp³-hybridized carbons (Fsp3) is 0.467. The SMILES string of the molecule is CC(C)C[C@@H](CN1CCN(C(c2ccc(F)cc2)c2ccc(F)cc2)CC1)N(Cc1ccc(OC(C)(C)C)cc1)Cc1ccc(OC(C)(C)C)cc1. The third-order valence-electron chi connectivity index (χ3n) is 9.34. The van der Waals surface area contributed by atoms with Crippen LogP contribution in [0.5, 0.6) is 11.5 Å². The second-order valence-electron chi connectivity index (χ2n) is 16.7. The molecule has 1 saturated heterocycles. The van der Waals surface area contributed by atoms with Gasteiger partial charge in [0.25, 0.3) is 0 Å². The third kappa shape index (κ3) is 12.1. The van der Waals surface area contributed by atoms with E-state index in [-0.39, 0.29) is 28.9 Å². The Morgan fingerprint density at radius 1 is 0.596 bits per heavy atom. The van der Waals surface area contributed by atoms with Crippen LogP contribution >= 0.6 is 0 Å². The Bertz CT molecular complexity index is 1550. The standard InChI is InChI=1S/C45H59F2N3O2/c1-33(2)29-40(32-48-25-27-49(28-26-48)43(36-13-17-38(46)18-14-36)37-15-19-39(47)20-16-37)50(30-34-9-21-41(22-10-34)51-44(3,4)5)31-35-11-23-42(24-12-35)52-45(6,7)8/h9-24,33,40,43H,25-32H2,1-8H3/t40-/m0/s1. The second-order valence-corrected chi connectivity index (χ2v) is 16.7. The van der Waals surface area contributed by atoms with E-state index in [0.717, 1.165) is 74.9 Å². The summed E-state index contributed by atoms with van der Waals surface area (Å²) in [5.74, 6) is 1.79. The van der Waals surface area contributed by atoms with Gasteiger partial charge in [0.1, 0.15) is 34.3 Å². The summed E-state index contributed by atoms with van der Waals surface area (Å²) >= 11 is 0. The van der Waals surface area contributed by atoms with Crippen molar-refractivity contribution in [3.8, 4) is 11.5 Å². The molecule has 1 aliphatic heterocycles. The molecule has 0 aliphatic carbocycles. The normalized spacial score (nSPS) is 15.4. The summed E-state index contributed by atoms with van der Waals surface area (Å²) in [6, 6.07) is 30.9.